The summed E-state index contributed by atoms with van der Waals surface area (Å²) in [5, 5.41) is 13.9. The summed E-state index contributed by atoms with van der Waals surface area (Å²) in [6.45, 7) is 5.05. The van der Waals surface area contributed by atoms with Gasteiger partial charge in [0.1, 0.15) is 11.6 Å². The minimum Gasteiger partial charge on any atom is -0.396 e. The number of rotatable bonds is 8. The Morgan fingerprint density at radius 1 is 0.976 bits per heavy atom. The number of hydrogen-bond donors (Lipinski definition) is 1. The first-order valence-electron chi connectivity index (χ1n) is 15.0. The van der Waals surface area contributed by atoms with Gasteiger partial charge in [-0.25, -0.2) is 13.8 Å². The average Bonchev–Trinajstić information content (AvgIpc) is 3.61. The summed E-state index contributed by atoms with van der Waals surface area (Å²) in [6.07, 6.45) is 9.78. The van der Waals surface area contributed by atoms with Crippen molar-refractivity contribution in [2.45, 2.75) is 44.3 Å². The smallest absolute Gasteiger partial charge is 0.131 e. The van der Waals surface area contributed by atoms with Crippen LogP contribution in [-0.2, 0) is 11.3 Å². The van der Waals surface area contributed by atoms with Crippen molar-refractivity contribution in [2.75, 3.05) is 46.0 Å². The summed E-state index contributed by atoms with van der Waals surface area (Å²) in [6, 6.07) is 9.30. The Kier molecular flexibility index (Phi) is 7.70. The van der Waals surface area contributed by atoms with E-state index in [1.54, 1.807) is 6.20 Å². The molecule has 2 aliphatic heterocycles. The SMILES string of the molecule is OCCC1CC1N1CCC(n2cc(-c3cnc4cccc(-c5cc(F)c(CN6CCOCC6)c(F)c5)c4n3)cn2)CC1. The van der Waals surface area contributed by atoms with Gasteiger partial charge in [-0.1, -0.05) is 12.1 Å². The number of fused-ring (bicyclic) bond motifs is 1. The number of halogens is 2. The molecule has 4 heterocycles. The Hall–Kier alpha value is -3.31. The van der Waals surface area contributed by atoms with Crippen LogP contribution in [0.25, 0.3) is 33.4 Å². The molecule has 4 aromatic rings. The van der Waals surface area contributed by atoms with Crippen LogP contribution in [0.2, 0.25) is 0 Å². The number of aromatic nitrogens is 4. The van der Waals surface area contributed by atoms with Gasteiger partial charge in [0.2, 0.25) is 0 Å². The molecule has 0 amide bonds. The maximum atomic E-state index is 15.2. The summed E-state index contributed by atoms with van der Waals surface area (Å²) >= 11 is 0. The zero-order valence-electron chi connectivity index (χ0n) is 23.6. The third-order valence-corrected chi connectivity index (χ3v) is 9.14. The second-order valence-electron chi connectivity index (χ2n) is 11.8. The van der Waals surface area contributed by atoms with E-state index in [2.05, 4.69) is 15.0 Å². The standard InChI is InChI=1S/C32H36F2N6O2/c33-27-14-22(15-28(34)26(27)20-38-9-12-42-13-10-38)25-2-1-3-29-32(25)37-30(18-35-29)23-17-36-40(19-23)24-4-7-39(8-5-24)31-16-21(31)6-11-41/h1-3,14-15,17-19,21,24,31,41H,4-13,16,20H2. The maximum Gasteiger partial charge on any atom is 0.131 e. The molecule has 2 atom stereocenters. The molecular formula is C32H36F2N6O2. The highest BCUT2D eigenvalue weighted by Crippen LogP contribution is 2.40. The fourth-order valence-corrected chi connectivity index (χ4v) is 6.60. The van der Waals surface area contributed by atoms with E-state index in [1.165, 1.54) is 18.6 Å². The molecule has 7 rings (SSSR count). The van der Waals surface area contributed by atoms with Crippen LogP contribution < -0.4 is 0 Å². The van der Waals surface area contributed by atoms with E-state index < -0.39 is 11.6 Å². The molecule has 10 heteroatoms. The average molecular weight is 575 g/mol. The van der Waals surface area contributed by atoms with Crippen molar-refractivity contribution in [2.24, 2.45) is 5.92 Å². The number of para-hydroxylation sites is 1. The monoisotopic (exact) mass is 574 g/mol. The number of benzene rings is 2. The lowest BCUT2D eigenvalue weighted by molar-refractivity contribution is 0.0332. The number of hydrogen-bond acceptors (Lipinski definition) is 7. The van der Waals surface area contributed by atoms with Gasteiger partial charge in [0.15, 0.2) is 0 Å². The molecule has 220 valence electrons. The van der Waals surface area contributed by atoms with Crippen molar-refractivity contribution in [1.29, 1.82) is 0 Å². The van der Waals surface area contributed by atoms with E-state index in [0.29, 0.717) is 72.2 Å². The summed E-state index contributed by atoms with van der Waals surface area (Å²) in [4.78, 5) is 14.1. The Morgan fingerprint density at radius 2 is 1.76 bits per heavy atom. The number of ether oxygens (including phenoxy) is 1. The summed E-state index contributed by atoms with van der Waals surface area (Å²) < 4.78 is 37.9. The zero-order valence-corrected chi connectivity index (χ0v) is 23.6. The van der Waals surface area contributed by atoms with Crippen LogP contribution in [0.3, 0.4) is 0 Å². The second kappa shape index (κ2) is 11.8. The van der Waals surface area contributed by atoms with Crippen LogP contribution in [0, 0.1) is 17.6 Å². The molecule has 1 N–H and O–H groups in total. The molecule has 0 radical (unpaired) electrons. The molecule has 1 aliphatic carbocycles. The number of aliphatic hydroxyl groups is 1. The van der Waals surface area contributed by atoms with Crippen LogP contribution in [-0.4, -0.2) is 86.7 Å². The van der Waals surface area contributed by atoms with Gasteiger partial charge in [-0.3, -0.25) is 19.5 Å². The molecule has 1 saturated carbocycles. The number of likely N-dealkylation sites (tertiary alicyclic amines) is 1. The van der Waals surface area contributed by atoms with Gasteiger partial charge in [0.25, 0.3) is 0 Å². The lowest BCUT2D eigenvalue weighted by atomic mass is 10.0. The quantitative estimate of drug-likeness (QED) is 0.328. The molecule has 42 heavy (non-hydrogen) atoms. The van der Waals surface area contributed by atoms with Crippen LogP contribution >= 0.6 is 0 Å². The Labute approximate surface area is 243 Å². The molecule has 2 aromatic heterocycles. The Bertz CT molecular complexity index is 1540. The van der Waals surface area contributed by atoms with Crippen LogP contribution in [0.5, 0.6) is 0 Å². The van der Waals surface area contributed by atoms with Gasteiger partial charge in [0.05, 0.1) is 48.4 Å². The predicted octanol–water partition coefficient (Wildman–Crippen LogP) is 4.68. The van der Waals surface area contributed by atoms with Gasteiger partial charge < -0.3 is 9.84 Å². The first-order chi connectivity index (χ1) is 20.6. The van der Waals surface area contributed by atoms with Crippen LogP contribution in [0.4, 0.5) is 8.78 Å². The van der Waals surface area contributed by atoms with Crippen molar-refractivity contribution >= 4 is 11.0 Å². The van der Waals surface area contributed by atoms with Crippen LogP contribution in [0.1, 0.15) is 37.3 Å². The summed E-state index contributed by atoms with van der Waals surface area (Å²) in [5.41, 5.74) is 3.95. The lowest BCUT2D eigenvalue weighted by Gasteiger charge is -2.32. The van der Waals surface area contributed by atoms with Gasteiger partial charge in [0, 0.05) is 68.3 Å². The van der Waals surface area contributed by atoms with E-state index >= 15 is 8.78 Å². The molecule has 0 bridgehead atoms. The fourth-order valence-electron chi connectivity index (χ4n) is 6.60. The minimum atomic E-state index is -0.560. The molecule has 0 spiro atoms. The minimum absolute atomic E-state index is 0.0769. The molecule has 2 saturated heterocycles. The molecule has 2 aromatic carbocycles. The summed E-state index contributed by atoms with van der Waals surface area (Å²) in [7, 11) is 0. The van der Waals surface area contributed by atoms with Crippen molar-refractivity contribution < 1.29 is 18.6 Å². The largest absolute Gasteiger partial charge is 0.396 e. The third kappa shape index (κ3) is 5.56. The Morgan fingerprint density at radius 3 is 2.52 bits per heavy atom. The maximum absolute atomic E-state index is 15.2. The van der Waals surface area contributed by atoms with Gasteiger partial charge in [-0.2, -0.15) is 5.10 Å². The van der Waals surface area contributed by atoms with Crippen molar-refractivity contribution in [3.05, 3.63) is 66.1 Å². The molecule has 3 fully saturated rings. The van der Waals surface area contributed by atoms with Gasteiger partial charge in [-0.15, -0.1) is 0 Å². The molecular weight excluding hydrogens is 538 g/mol. The van der Waals surface area contributed by atoms with Crippen molar-refractivity contribution in [1.82, 2.24) is 29.5 Å². The Balaban J connectivity index is 1.10. The van der Waals surface area contributed by atoms with Gasteiger partial charge in [-0.05, 0) is 55.4 Å². The molecule has 8 nitrogen and oxygen atoms in total. The lowest BCUT2D eigenvalue weighted by Crippen LogP contribution is -2.37. The number of morpholine rings is 1. The third-order valence-electron chi connectivity index (χ3n) is 9.14. The first kappa shape index (κ1) is 27.5. The molecule has 2 unspecified atom stereocenters. The molecule has 3 aliphatic rings. The van der Waals surface area contributed by atoms with E-state index in [1.807, 2.05) is 40.2 Å². The van der Waals surface area contributed by atoms with Crippen molar-refractivity contribution in [3.8, 4) is 22.4 Å². The fraction of sp³-hybridized carbons (Fsp3) is 0.469. The first-order valence-corrected chi connectivity index (χ1v) is 15.0. The highest BCUT2D eigenvalue weighted by molar-refractivity contribution is 5.92. The van der Waals surface area contributed by atoms with E-state index in [-0.39, 0.29) is 18.7 Å². The number of aliphatic hydroxyl groups excluding tert-OH is 1. The van der Waals surface area contributed by atoms with E-state index in [9.17, 15) is 5.11 Å². The van der Waals surface area contributed by atoms with E-state index in [0.717, 1.165) is 37.9 Å². The topological polar surface area (TPSA) is 79.5 Å². The normalized spacial score (nSPS) is 22.2. The number of nitrogens with zero attached hydrogens (tertiary/aromatic N) is 6. The predicted molar refractivity (Wildman–Crippen MR) is 156 cm³/mol. The van der Waals surface area contributed by atoms with Crippen LogP contribution in [0.15, 0.2) is 48.9 Å². The highest BCUT2D eigenvalue weighted by atomic mass is 19.1. The van der Waals surface area contributed by atoms with Gasteiger partial charge >= 0.3 is 0 Å². The zero-order chi connectivity index (χ0) is 28.6. The number of piperidine rings is 1. The van der Waals surface area contributed by atoms with Crippen molar-refractivity contribution in [3.63, 3.8) is 0 Å². The highest BCUT2D eigenvalue weighted by Gasteiger charge is 2.42. The second-order valence-corrected chi connectivity index (χ2v) is 11.8. The summed E-state index contributed by atoms with van der Waals surface area (Å²) in [5.74, 6) is -0.466. The van der Waals surface area contributed by atoms with E-state index in [4.69, 9.17) is 9.72 Å².